The van der Waals surface area contributed by atoms with Crippen molar-refractivity contribution in [1.82, 2.24) is 15.2 Å². The second-order valence-corrected chi connectivity index (χ2v) is 10.8. The summed E-state index contributed by atoms with van der Waals surface area (Å²) in [7, 11) is 1.49. The van der Waals surface area contributed by atoms with Crippen LogP contribution in [0.5, 0.6) is 11.5 Å². The van der Waals surface area contributed by atoms with Crippen LogP contribution < -0.4 is 14.8 Å². The van der Waals surface area contributed by atoms with Crippen LogP contribution in [0.25, 0.3) is 10.9 Å². The number of nitrogens with zero attached hydrogens (tertiary/aromatic N) is 1. The van der Waals surface area contributed by atoms with Gasteiger partial charge in [0.2, 0.25) is 11.8 Å². The molecule has 10 nitrogen and oxygen atoms in total. The number of aliphatic hydroxyl groups is 3. The lowest BCUT2D eigenvalue weighted by Gasteiger charge is -2.40. The van der Waals surface area contributed by atoms with E-state index in [4.69, 9.17) is 9.47 Å². The number of nitrogens with one attached hydrogen (secondary N) is 2. The van der Waals surface area contributed by atoms with Gasteiger partial charge in [-0.3, -0.25) is 9.59 Å². The van der Waals surface area contributed by atoms with Crippen molar-refractivity contribution in [2.45, 2.75) is 63.4 Å². The third-order valence-electron chi connectivity index (χ3n) is 8.13. The number of rotatable bonds is 12. The molecule has 2 aliphatic rings. The molecule has 1 aliphatic carbocycles. The van der Waals surface area contributed by atoms with E-state index in [0.29, 0.717) is 54.0 Å². The number of benzene rings is 2. The molecule has 10 heteroatoms. The SMILES string of the molecule is CCCCC(=O)N(CCc1cc2ccccc2[nH]1)[C@@H]1C=C(C(=O)NCCO)[C@@H]2c3cc(CO)cc(OC)c3O[C@@H]2[C@H]1O. The topological polar surface area (TPSA) is 144 Å². The fourth-order valence-electron chi connectivity index (χ4n) is 6.04. The van der Waals surface area contributed by atoms with E-state index in [1.54, 1.807) is 23.1 Å². The summed E-state index contributed by atoms with van der Waals surface area (Å²) in [4.78, 5) is 32.2. The van der Waals surface area contributed by atoms with Gasteiger partial charge in [0, 0.05) is 48.3 Å². The zero-order valence-electron chi connectivity index (χ0n) is 24.0. The Kier molecular flexibility index (Phi) is 9.15. The van der Waals surface area contributed by atoms with Crippen molar-refractivity contribution in [3.8, 4) is 11.5 Å². The van der Waals surface area contributed by atoms with Gasteiger partial charge < -0.3 is 40.0 Å². The number of aliphatic hydroxyl groups excluding tert-OH is 3. The standard InChI is InChI=1S/C32H39N3O7/c1-3-4-9-27(38)35(12-10-21-16-20-7-5-6-8-24(20)34-21)25-17-23(32(40)33-11-13-36)28-22-14-19(18-37)15-26(41-2)30(22)42-31(28)29(25)39/h5-8,14-17,25,28-29,31,34,36-37,39H,3-4,9-13,18H2,1-2H3,(H,33,40)/t25-,28+,29+,31+/m1/s1. The normalized spacial score (nSPS) is 20.8. The number of H-pyrrole nitrogens is 1. The number of ether oxygens (including phenoxy) is 2. The fourth-order valence-corrected chi connectivity index (χ4v) is 6.04. The quantitative estimate of drug-likeness (QED) is 0.223. The maximum Gasteiger partial charge on any atom is 0.247 e. The maximum atomic E-state index is 13.6. The minimum atomic E-state index is -1.15. The van der Waals surface area contributed by atoms with Crippen LogP contribution in [0.1, 0.15) is 48.9 Å². The number of aromatic amines is 1. The number of carbonyl (C=O) groups excluding carboxylic acids is 2. The maximum absolute atomic E-state index is 13.6. The molecular weight excluding hydrogens is 538 g/mol. The van der Waals surface area contributed by atoms with Crippen molar-refractivity contribution in [3.63, 3.8) is 0 Å². The molecular formula is C32H39N3O7. The summed E-state index contributed by atoms with van der Waals surface area (Å²) >= 11 is 0. The summed E-state index contributed by atoms with van der Waals surface area (Å²) in [6.07, 6.45) is 2.04. The van der Waals surface area contributed by atoms with Crippen molar-refractivity contribution < 1.29 is 34.4 Å². The number of methoxy groups -OCH3 is 1. The predicted octanol–water partition coefficient (Wildman–Crippen LogP) is 2.55. The number of para-hydroxylation sites is 1. The Hall–Kier alpha value is -3.86. The molecule has 2 heterocycles. The van der Waals surface area contributed by atoms with Crippen molar-refractivity contribution in [1.29, 1.82) is 0 Å². The first-order chi connectivity index (χ1) is 20.4. The summed E-state index contributed by atoms with van der Waals surface area (Å²) in [5.74, 6) is -0.409. The minimum absolute atomic E-state index is 0.0496. The second kappa shape index (κ2) is 13.0. The molecule has 0 bridgehead atoms. The molecule has 0 fully saturated rings. The van der Waals surface area contributed by atoms with E-state index < -0.39 is 30.1 Å². The highest BCUT2D eigenvalue weighted by molar-refractivity contribution is 5.96. The number of unbranched alkanes of at least 4 members (excludes halogenated alkanes) is 1. The fraction of sp³-hybridized carbons (Fsp3) is 0.438. The summed E-state index contributed by atoms with van der Waals surface area (Å²) in [5.41, 5.74) is 3.50. The largest absolute Gasteiger partial charge is 0.493 e. The molecule has 3 aromatic rings. The number of hydrogen-bond acceptors (Lipinski definition) is 7. The van der Waals surface area contributed by atoms with Gasteiger partial charge in [0.05, 0.1) is 32.3 Å². The zero-order valence-corrected chi connectivity index (χ0v) is 24.0. The van der Waals surface area contributed by atoms with E-state index in [1.165, 1.54) is 7.11 Å². The average Bonchev–Trinajstić information content (AvgIpc) is 3.61. The molecule has 224 valence electrons. The highest BCUT2D eigenvalue weighted by Gasteiger charge is 2.51. The van der Waals surface area contributed by atoms with Crippen LogP contribution in [0, 0.1) is 0 Å². The number of amides is 2. The molecule has 0 unspecified atom stereocenters. The molecule has 2 amide bonds. The Morgan fingerprint density at radius 2 is 1.98 bits per heavy atom. The highest BCUT2D eigenvalue weighted by atomic mass is 16.5. The summed E-state index contributed by atoms with van der Waals surface area (Å²) in [5, 5.41) is 34.8. The van der Waals surface area contributed by atoms with E-state index in [9.17, 15) is 24.9 Å². The molecule has 0 saturated heterocycles. The Balaban J connectivity index is 1.53. The monoisotopic (exact) mass is 577 g/mol. The molecule has 4 atom stereocenters. The Bertz CT molecular complexity index is 1430. The van der Waals surface area contributed by atoms with Gasteiger partial charge in [-0.2, -0.15) is 0 Å². The van der Waals surface area contributed by atoms with Crippen molar-refractivity contribution >= 4 is 22.7 Å². The van der Waals surface area contributed by atoms with Crippen LogP contribution in [-0.2, 0) is 22.6 Å². The first-order valence-electron chi connectivity index (χ1n) is 14.5. The van der Waals surface area contributed by atoms with Crippen molar-refractivity contribution in [2.75, 3.05) is 26.8 Å². The van der Waals surface area contributed by atoms with E-state index in [1.807, 2.05) is 31.2 Å². The van der Waals surface area contributed by atoms with Crippen LogP contribution >= 0.6 is 0 Å². The molecule has 0 radical (unpaired) electrons. The average molecular weight is 578 g/mol. The lowest BCUT2D eigenvalue weighted by molar-refractivity contribution is -0.137. The molecule has 2 aromatic carbocycles. The van der Waals surface area contributed by atoms with Gasteiger partial charge in [-0.1, -0.05) is 31.5 Å². The summed E-state index contributed by atoms with van der Waals surface area (Å²) < 4.78 is 11.8. The summed E-state index contributed by atoms with van der Waals surface area (Å²) in [6, 6.07) is 12.6. The van der Waals surface area contributed by atoms with Crippen LogP contribution in [-0.4, -0.2) is 82.1 Å². The zero-order chi connectivity index (χ0) is 29.8. The second-order valence-electron chi connectivity index (χ2n) is 10.8. The number of aromatic nitrogens is 1. The van der Waals surface area contributed by atoms with E-state index in [0.717, 1.165) is 23.0 Å². The Morgan fingerprint density at radius 1 is 1.17 bits per heavy atom. The van der Waals surface area contributed by atoms with Gasteiger partial charge in [0.15, 0.2) is 11.5 Å². The number of hydrogen-bond donors (Lipinski definition) is 5. The van der Waals surface area contributed by atoms with E-state index in [-0.39, 0.29) is 25.7 Å². The smallest absolute Gasteiger partial charge is 0.247 e. The van der Waals surface area contributed by atoms with Crippen LogP contribution in [0.4, 0.5) is 0 Å². The lowest BCUT2D eigenvalue weighted by Crippen LogP contribution is -2.56. The molecule has 1 aliphatic heterocycles. The Labute approximate surface area is 244 Å². The number of carbonyl (C=O) groups is 2. The van der Waals surface area contributed by atoms with Crippen molar-refractivity contribution in [2.24, 2.45) is 0 Å². The van der Waals surface area contributed by atoms with Crippen molar-refractivity contribution in [3.05, 3.63) is 70.9 Å². The molecule has 5 rings (SSSR count). The molecule has 0 saturated carbocycles. The highest BCUT2D eigenvalue weighted by Crippen LogP contribution is 2.51. The van der Waals surface area contributed by atoms with Gasteiger partial charge in [-0.15, -0.1) is 0 Å². The molecule has 42 heavy (non-hydrogen) atoms. The van der Waals surface area contributed by atoms with Crippen LogP contribution in [0.15, 0.2) is 54.1 Å². The third kappa shape index (κ3) is 5.74. The van der Waals surface area contributed by atoms with Crippen LogP contribution in [0.3, 0.4) is 0 Å². The van der Waals surface area contributed by atoms with Gasteiger partial charge in [-0.25, -0.2) is 0 Å². The van der Waals surface area contributed by atoms with E-state index in [2.05, 4.69) is 16.4 Å². The van der Waals surface area contributed by atoms with Gasteiger partial charge in [0.1, 0.15) is 12.2 Å². The first-order valence-corrected chi connectivity index (χ1v) is 14.5. The Morgan fingerprint density at radius 3 is 2.69 bits per heavy atom. The summed E-state index contributed by atoms with van der Waals surface area (Å²) in [6.45, 7) is 1.91. The lowest BCUT2D eigenvalue weighted by atomic mass is 9.77. The first kappa shape index (κ1) is 29.6. The molecule has 1 aromatic heterocycles. The molecule has 0 spiro atoms. The minimum Gasteiger partial charge on any atom is -0.493 e. The predicted molar refractivity (Wildman–Crippen MR) is 157 cm³/mol. The van der Waals surface area contributed by atoms with Gasteiger partial charge in [0.25, 0.3) is 0 Å². The number of fused-ring (bicyclic) bond motifs is 4. The van der Waals surface area contributed by atoms with Gasteiger partial charge >= 0.3 is 0 Å². The van der Waals surface area contributed by atoms with Crippen LogP contribution in [0.2, 0.25) is 0 Å². The van der Waals surface area contributed by atoms with Gasteiger partial charge in [-0.05, 0) is 47.7 Å². The third-order valence-corrected chi connectivity index (χ3v) is 8.13. The molecule has 5 N–H and O–H groups in total. The van der Waals surface area contributed by atoms with E-state index >= 15 is 0 Å².